The van der Waals surface area contributed by atoms with Crippen LogP contribution in [0.15, 0.2) is 33.3 Å². The highest BCUT2D eigenvalue weighted by molar-refractivity contribution is 9.10. The molecule has 0 bridgehead atoms. The molecule has 3 nitrogen and oxygen atoms in total. The monoisotopic (exact) mass is 403 g/mol. The highest BCUT2D eigenvalue weighted by Crippen LogP contribution is 2.31. The maximum absolute atomic E-state index is 14.2. The fourth-order valence-corrected chi connectivity index (χ4v) is 3.08. The first-order chi connectivity index (χ1) is 9.54. The van der Waals surface area contributed by atoms with Gasteiger partial charge in [0.15, 0.2) is 0 Å². The van der Waals surface area contributed by atoms with Crippen molar-refractivity contribution >= 4 is 31.9 Å². The predicted octanol–water partition coefficient (Wildman–Crippen LogP) is 4.17. The van der Waals surface area contributed by atoms with Gasteiger partial charge in [-0.1, -0.05) is 22.9 Å². The van der Waals surface area contributed by atoms with Crippen LogP contribution < -0.4 is 5.32 Å². The lowest BCUT2D eigenvalue weighted by Crippen LogP contribution is -2.26. The van der Waals surface area contributed by atoms with Gasteiger partial charge < -0.3 is 5.32 Å². The van der Waals surface area contributed by atoms with Crippen molar-refractivity contribution in [3.63, 3.8) is 0 Å². The fourth-order valence-electron chi connectivity index (χ4n) is 2.12. The summed E-state index contributed by atoms with van der Waals surface area (Å²) in [4.78, 5) is 0. The lowest BCUT2D eigenvalue weighted by molar-refractivity contribution is 0.518. The first-order valence-electron chi connectivity index (χ1n) is 6.40. The second kappa shape index (κ2) is 6.83. The lowest BCUT2D eigenvalue weighted by Gasteiger charge is -2.21. The molecule has 2 aromatic rings. The van der Waals surface area contributed by atoms with Gasteiger partial charge in [0, 0.05) is 17.1 Å². The Morgan fingerprint density at radius 3 is 2.75 bits per heavy atom. The summed E-state index contributed by atoms with van der Waals surface area (Å²) in [6.07, 6.45) is 2.70. The van der Waals surface area contributed by atoms with Crippen LogP contribution in [0, 0.1) is 5.82 Å². The average Bonchev–Trinajstić information content (AvgIpc) is 2.74. The topological polar surface area (TPSA) is 29.9 Å². The number of nitrogens with zero attached hydrogens (tertiary/aromatic N) is 2. The molecule has 1 N–H and O–H groups in total. The number of benzene rings is 1. The minimum atomic E-state index is -0.241. The number of hydrogen-bond acceptors (Lipinski definition) is 2. The molecule has 1 aromatic heterocycles. The van der Waals surface area contributed by atoms with Crippen molar-refractivity contribution in [2.75, 3.05) is 6.54 Å². The van der Waals surface area contributed by atoms with E-state index in [0.717, 1.165) is 27.6 Å². The van der Waals surface area contributed by atoms with E-state index in [4.69, 9.17) is 0 Å². The van der Waals surface area contributed by atoms with Gasteiger partial charge in [0.05, 0.1) is 22.4 Å². The summed E-state index contributed by atoms with van der Waals surface area (Å²) in [5, 5.41) is 7.60. The Hall–Kier alpha value is -0.720. The highest BCUT2D eigenvalue weighted by atomic mass is 79.9. The maximum atomic E-state index is 14.2. The third-order valence-electron chi connectivity index (χ3n) is 3.08. The van der Waals surface area contributed by atoms with Crippen LogP contribution in [0.1, 0.15) is 30.6 Å². The minimum absolute atomic E-state index is 0.227. The van der Waals surface area contributed by atoms with Gasteiger partial charge in [0.1, 0.15) is 5.82 Å². The first kappa shape index (κ1) is 15.7. The number of hydrogen-bond donors (Lipinski definition) is 1. The van der Waals surface area contributed by atoms with Crippen molar-refractivity contribution < 1.29 is 4.39 Å². The molecular weight excluding hydrogens is 389 g/mol. The first-order valence-corrected chi connectivity index (χ1v) is 7.99. The number of halogens is 3. The largest absolute Gasteiger partial charge is 0.305 e. The van der Waals surface area contributed by atoms with E-state index in [9.17, 15) is 4.39 Å². The molecule has 108 valence electrons. The molecule has 0 spiro atoms. The summed E-state index contributed by atoms with van der Waals surface area (Å²) in [5.41, 5.74) is 1.52. The molecule has 0 saturated carbocycles. The molecule has 0 aliphatic carbocycles. The second-order valence-corrected chi connectivity index (χ2v) is 6.32. The molecule has 2 rings (SSSR count). The molecule has 0 aliphatic rings. The number of rotatable bonds is 5. The molecule has 1 aromatic carbocycles. The van der Waals surface area contributed by atoms with Crippen LogP contribution in [-0.4, -0.2) is 16.3 Å². The zero-order chi connectivity index (χ0) is 14.7. The van der Waals surface area contributed by atoms with Crippen LogP contribution in [0.2, 0.25) is 0 Å². The van der Waals surface area contributed by atoms with E-state index >= 15 is 0 Å². The number of aryl methyl sites for hydroxylation is 1. The van der Waals surface area contributed by atoms with Crippen LogP contribution in [0.5, 0.6) is 0 Å². The van der Waals surface area contributed by atoms with Gasteiger partial charge >= 0.3 is 0 Å². The van der Waals surface area contributed by atoms with E-state index < -0.39 is 0 Å². The van der Waals surface area contributed by atoms with Crippen LogP contribution in [-0.2, 0) is 7.05 Å². The Morgan fingerprint density at radius 1 is 1.40 bits per heavy atom. The van der Waals surface area contributed by atoms with Gasteiger partial charge in [-0.3, -0.25) is 4.68 Å². The summed E-state index contributed by atoms with van der Waals surface area (Å²) in [6, 6.07) is 4.75. The van der Waals surface area contributed by atoms with E-state index in [0.29, 0.717) is 5.56 Å². The van der Waals surface area contributed by atoms with E-state index in [1.807, 2.05) is 13.1 Å². The van der Waals surface area contributed by atoms with Crippen LogP contribution in [0.25, 0.3) is 0 Å². The van der Waals surface area contributed by atoms with Crippen molar-refractivity contribution in [2.24, 2.45) is 7.05 Å². The minimum Gasteiger partial charge on any atom is -0.305 e. The van der Waals surface area contributed by atoms with Gasteiger partial charge in [-0.2, -0.15) is 5.10 Å². The standard InChI is InChI=1S/C14H16Br2FN3/c1-3-6-18-13(14-11(16)8-19-20(14)2)10-7-9(15)4-5-12(10)17/h4-5,7-8,13,18H,3,6H2,1-2H3. The maximum Gasteiger partial charge on any atom is 0.128 e. The molecule has 20 heavy (non-hydrogen) atoms. The van der Waals surface area contributed by atoms with Crippen LogP contribution in [0.3, 0.4) is 0 Å². The molecule has 1 unspecified atom stereocenters. The molecule has 1 atom stereocenters. The summed E-state index contributed by atoms with van der Waals surface area (Å²) in [5.74, 6) is -0.227. The lowest BCUT2D eigenvalue weighted by atomic mass is 10.0. The molecule has 0 fully saturated rings. The predicted molar refractivity (Wildman–Crippen MR) is 85.1 cm³/mol. The Kier molecular flexibility index (Phi) is 5.35. The fraction of sp³-hybridized carbons (Fsp3) is 0.357. The summed E-state index contributed by atoms with van der Waals surface area (Å²) >= 11 is 6.90. The third-order valence-corrected chi connectivity index (χ3v) is 4.18. The molecular formula is C14H16Br2FN3. The van der Waals surface area contributed by atoms with E-state index in [2.05, 4.69) is 49.2 Å². The van der Waals surface area contributed by atoms with Crippen molar-refractivity contribution in [1.29, 1.82) is 0 Å². The Bertz CT molecular complexity index is 579. The highest BCUT2D eigenvalue weighted by Gasteiger charge is 2.23. The van der Waals surface area contributed by atoms with Gasteiger partial charge in [-0.05, 0) is 47.1 Å². The van der Waals surface area contributed by atoms with Crippen LogP contribution >= 0.6 is 31.9 Å². The van der Waals surface area contributed by atoms with E-state index in [1.165, 1.54) is 6.07 Å². The third kappa shape index (κ3) is 3.30. The van der Waals surface area contributed by atoms with Gasteiger partial charge in [-0.25, -0.2) is 4.39 Å². The van der Waals surface area contributed by atoms with Gasteiger partial charge in [0.25, 0.3) is 0 Å². The normalized spacial score (nSPS) is 12.7. The SMILES string of the molecule is CCCNC(c1cc(Br)ccc1F)c1c(Br)cnn1C. The molecule has 0 amide bonds. The van der Waals surface area contributed by atoms with Crippen molar-refractivity contribution in [1.82, 2.24) is 15.1 Å². The number of aromatic nitrogens is 2. The Balaban J connectivity index is 2.50. The molecule has 0 saturated heterocycles. The smallest absolute Gasteiger partial charge is 0.128 e. The Morgan fingerprint density at radius 2 is 2.15 bits per heavy atom. The van der Waals surface area contributed by atoms with Crippen molar-refractivity contribution in [2.45, 2.75) is 19.4 Å². The van der Waals surface area contributed by atoms with Gasteiger partial charge in [-0.15, -0.1) is 0 Å². The van der Waals surface area contributed by atoms with Gasteiger partial charge in [0.2, 0.25) is 0 Å². The quantitative estimate of drug-likeness (QED) is 0.810. The average molecular weight is 405 g/mol. The van der Waals surface area contributed by atoms with Crippen molar-refractivity contribution in [3.8, 4) is 0 Å². The van der Waals surface area contributed by atoms with E-state index in [1.54, 1.807) is 16.9 Å². The molecule has 6 heteroatoms. The second-order valence-electron chi connectivity index (χ2n) is 4.55. The summed E-state index contributed by atoms with van der Waals surface area (Å²) in [7, 11) is 1.86. The van der Waals surface area contributed by atoms with E-state index in [-0.39, 0.29) is 11.9 Å². The summed E-state index contributed by atoms with van der Waals surface area (Å²) < 4.78 is 17.7. The molecule has 0 aliphatic heterocycles. The van der Waals surface area contributed by atoms with Crippen LogP contribution in [0.4, 0.5) is 4.39 Å². The summed E-state index contributed by atoms with van der Waals surface area (Å²) in [6.45, 7) is 2.88. The molecule has 1 heterocycles. The van der Waals surface area contributed by atoms with Crippen molar-refractivity contribution in [3.05, 3.63) is 50.4 Å². The number of nitrogens with one attached hydrogen (secondary N) is 1. The molecule has 0 radical (unpaired) electrons. The Labute approximate surface area is 134 Å². The zero-order valence-electron chi connectivity index (χ0n) is 11.3. The zero-order valence-corrected chi connectivity index (χ0v) is 14.5.